The molecule has 1 aromatic rings. The van der Waals surface area contributed by atoms with Crippen molar-refractivity contribution in [3.63, 3.8) is 0 Å². The molecule has 2 aliphatic rings. The van der Waals surface area contributed by atoms with E-state index in [-0.39, 0.29) is 37.4 Å². The maximum atomic E-state index is 12.6. The Hall–Kier alpha value is -2.94. The van der Waals surface area contributed by atoms with Crippen LogP contribution in [0.5, 0.6) is 0 Å². The number of carbonyl (C=O) groups is 3. The minimum absolute atomic E-state index is 0.00951. The molecule has 31 heavy (non-hydrogen) atoms. The summed E-state index contributed by atoms with van der Waals surface area (Å²) in [5.74, 6) is -0.578. The number of aliphatic hydroxyl groups excluding tert-OH is 1. The van der Waals surface area contributed by atoms with Gasteiger partial charge < -0.3 is 19.5 Å². The molecule has 2 amide bonds. The number of amides is 2. The second kappa shape index (κ2) is 9.05. The van der Waals surface area contributed by atoms with Crippen molar-refractivity contribution < 1.29 is 29.0 Å². The van der Waals surface area contributed by atoms with Gasteiger partial charge in [0.05, 0.1) is 18.7 Å². The van der Waals surface area contributed by atoms with Gasteiger partial charge in [-0.15, -0.1) is 4.99 Å². The van der Waals surface area contributed by atoms with Crippen LogP contribution in [0.15, 0.2) is 35.3 Å². The Bertz CT molecular complexity index is 864. The lowest BCUT2D eigenvalue weighted by Gasteiger charge is -2.37. The number of nitrogens with zero attached hydrogens (tertiary/aromatic N) is 2. The predicted octanol–water partition coefficient (Wildman–Crippen LogP) is 2.62. The fourth-order valence-corrected chi connectivity index (χ4v) is 4.21. The third kappa shape index (κ3) is 5.22. The number of aliphatic imine (C=N–C) groups is 1. The summed E-state index contributed by atoms with van der Waals surface area (Å²) in [6.45, 7) is 4.77. The number of carbonyl (C=O) groups excluding carboxylic acids is 3. The Morgan fingerprint density at radius 2 is 2.00 bits per heavy atom. The molecular formula is C22H29N3O6. The number of ketones is 1. The van der Waals surface area contributed by atoms with Gasteiger partial charge in [-0.05, 0) is 39.2 Å². The Kier molecular flexibility index (Phi) is 6.64. The SMILES string of the molecule is CC(C)(C)OC(=O)N/C(=N/C(=O)OCc1ccccc1)N1CC(=O)[C@H]2CCC[C@]21CO. The number of likely N-dealkylation sites (tertiary alicyclic amines) is 1. The van der Waals surface area contributed by atoms with E-state index in [0.717, 1.165) is 12.0 Å². The van der Waals surface area contributed by atoms with E-state index in [1.807, 2.05) is 18.2 Å². The summed E-state index contributed by atoms with van der Waals surface area (Å²) in [6, 6.07) is 9.11. The van der Waals surface area contributed by atoms with Crippen LogP contribution >= 0.6 is 0 Å². The van der Waals surface area contributed by atoms with Gasteiger partial charge in [-0.2, -0.15) is 0 Å². The van der Waals surface area contributed by atoms with Crippen molar-refractivity contribution in [3.05, 3.63) is 35.9 Å². The van der Waals surface area contributed by atoms with Crippen molar-refractivity contribution in [2.75, 3.05) is 13.2 Å². The number of hydrogen-bond acceptors (Lipinski definition) is 6. The topological polar surface area (TPSA) is 118 Å². The van der Waals surface area contributed by atoms with Crippen molar-refractivity contribution >= 4 is 23.9 Å². The molecule has 168 valence electrons. The molecule has 9 nitrogen and oxygen atoms in total. The summed E-state index contributed by atoms with van der Waals surface area (Å²) in [4.78, 5) is 42.9. The summed E-state index contributed by atoms with van der Waals surface area (Å²) < 4.78 is 10.5. The average molecular weight is 431 g/mol. The zero-order valence-corrected chi connectivity index (χ0v) is 18.1. The third-order valence-electron chi connectivity index (χ3n) is 5.54. The molecular weight excluding hydrogens is 402 g/mol. The summed E-state index contributed by atoms with van der Waals surface area (Å²) >= 11 is 0. The van der Waals surface area contributed by atoms with E-state index < -0.39 is 23.3 Å². The molecule has 1 saturated carbocycles. The molecule has 1 aromatic carbocycles. The Morgan fingerprint density at radius 3 is 2.65 bits per heavy atom. The first-order valence-corrected chi connectivity index (χ1v) is 10.4. The van der Waals surface area contributed by atoms with Gasteiger partial charge in [0.2, 0.25) is 5.96 Å². The van der Waals surface area contributed by atoms with Gasteiger partial charge >= 0.3 is 12.2 Å². The number of aliphatic hydroxyl groups is 1. The number of alkyl carbamates (subject to hydrolysis) is 1. The highest BCUT2D eigenvalue weighted by Crippen LogP contribution is 2.45. The van der Waals surface area contributed by atoms with E-state index in [0.29, 0.717) is 12.8 Å². The fourth-order valence-electron chi connectivity index (χ4n) is 4.21. The van der Waals surface area contributed by atoms with E-state index >= 15 is 0 Å². The Balaban J connectivity index is 1.83. The van der Waals surface area contributed by atoms with Crippen molar-refractivity contribution in [1.29, 1.82) is 0 Å². The van der Waals surface area contributed by atoms with Gasteiger partial charge in [-0.1, -0.05) is 36.8 Å². The van der Waals surface area contributed by atoms with Crippen LogP contribution < -0.4 is 5.32 Å². The Labute approximate surface area is 181 Å². The number of ether oxygens (including phenoxy) is 2. The van der Waals surface area contributed by atoms with Crippen LogP contribution in [-0.4, -0.2) is 58.2 Å². The van der Waals surface area contributed by atoms with Crippen LogP contribution in [0.2, 0.25) is 0 Å². The molecule has 1 aliphatic heterocycles. The van der Waals surface area contributed by atoms with Gasteiger partial charge in [0.25, 0.3) is 0 Å². The molecule has 2 fully saturated rings. The number of nitrogens with one attached hydrogen (secondary N) is 1. The summed E-state index contributed by atoms with van der Waals surface area (Å²) in [5.41, 5.74) is -0.884. The van der Waals surface area contributed by atoms with Gasteiger partial charge in [0, 0.05) is 5.92 Å². The normalized spacial score (nSPS) is 23.5. The van der Waals surface area contributed by atoms with E-state index in [9.17, 15) is 19.5 Å². The van der Waals surface area contributed by atoms with Crippen molar-refractivity contribution in [1.82, 2.24) is 10.2 Å². The second-order valence-electron chi connectivity index (χ2n) is 8.86. The highest BCUT2D eigenvalue weighted by atomic mass is 16.6. The molecule has 0 unspecified atom stereocenters. The predicted molar refractivity (Wildman–Crippen MR) is 112 cm³/mol. The molecule has 0 aromatic heterocycles. The average Bonchev–Trinajstić information content (AvgIpc) is 3.24. The van der Waals surface area contributed by atoms with Crippen LogP contribution in [0, 0.1) is 5.92 Å². The maximum absolute atomic E-state index is 12.6. The standard InChI is InChI=1S/C22H29N3O6/c1-21(2,3)31-20(29)24-18(23-19(28)30-13-15-8-5-4-6-9-15)25-12-17(27)16-10-7-11-22(16,25)14-26/h4-6,8-9,16,26H,7,10-14H2,1-3H3,(H,23,24,28,29)/t16-,22+/m1/s1. The summed E-state index contributed by atoms with van der Waals surface area (Å²) in [5, 5.41) is 12.6. The molecule has 2 N–H and O–H groups in total. The van der Waals surface area contributed by atoms with Crippen molar-refractivity contribution in [3.8, 4) is 0 Å². The van der Waals surface area contributed by atoms with E-state index in [1.165, 1.54) is 4.90 Å². The number of hydrogen-bond donors (Lipinski definition) is 2. The highest BCUT2D eigenvalue weighted by Gasteiger charge is 2.57. The molecule has 9 heteroatoms. The highest BCUT2D eigenvalue weighted by molar-refractivity contribution is 6.03. The first kappa shape index (κ1) is 22.7. The first-order valence-electron chi connectivity index (χ1n) is 10.4. The van der Waals surface area contributed by atoms with Gasteiger partial charge in [-0.3, -0.25) is 10.1 Å². The number of guanidine groups is 1. The van der Waals surface area contributed by atoms with Crippen molar-refractivity contribution in [2.24, 2.45) is 10.9 Å². The summed E-state index contributed by atoms with van der Waals surface area (Å²) in [6.07, 6.45) is 0.217. The fraction of sp³-hybridized carbons (Fsp3) is 0.545. The third-order valence-corrected chi connectivity index (χ3v) is 5.54. The lowest BCUT2D eigenvalue weighted by atomic mass is 9.88. The monoisotopic (exact) mass is 431 g/mol. The Morgan fingerprint density at radius 1 is 1.29 bits per heavy atom. The van der Waals surface area contributed by atoms with Crippen LogP contribution in [0.4, 0.5) is 9.59 Å². The van der Waals surface area contributed by atoms with Gasteiger partial charge in [0.15, 0.2) is 5.78 Å². The van der Waals surface area contributed by atoms with Crippen LogP contribution in [-0.2, 0) is 20.9 Å². The lowest BCUT2D eigenvalue weighted by Crippen LogP contribution is -2.56. The largest absolute Gasteiger partial charge is 0.444 e. The summed E-state index contributed by atoms with van der Waals surface area (Å²) in [7, 11) is 0. The number of benzene rings is 1. The number of fused-ring (bicyclic) bond motifs is 1. The smallest absolute Gasteiger partial charge is 0.437 e. The molecule has 3 rings (SSSR count). The molecule has 0 bridgehead atoms. The van der Waals surface area contributed by atoms with Crippen LogP contribution in [0.25, 0.3) is 0 Å². The van der Waals surface area contributed by atoms with Gasteiger partial charge in [-0.25, -0.2) is 9.59 Å². The zero-order chi connectivity index (χ0) is 22.6. The van der Waals surface area contributed by atoms with Crippen LogP contribution in [0.3, 0.4) is 0 Å². The molecule has 2 atom stereocenters. The van der Waals surface area contributed by atoms with E-state index in [1.54, 1.807) is 32.9 Å². The minimum Gasteiger partial charge on any atom is -0.444 e. The molecule has 1 saturated heterocycles. The molecule has 1 aliphatic carbocycles. The zero-order valence-electron chi connectivity index (χ0n) is 18.1. The van der Waals surface area contributed by atoms with Crippen LogP contribution in [0.1, 0.15) is 45.6 Å². The quantitative estimate of drug-likeness (QED) is 0.558. The molecule has 0 radical (unpaired) electrons. The maximum Gasteiger partial charge on any atom is 0.437 e. The van der Waals surface area contributed by atoms with Gasteiger partial charge in [0.1, 0.15) is 12.2 Å². The number of Topliss-reactive ketones (excluding diaryl/α,β-unsaturated/α-hetero) is 1. The van der Waals surface area contributed by atoms with Crippen molar-refractivity contribution in [2.45, 2.75) is 57.8 Å². The lowest BCUT2D eigenvalue weighted by molar-refractivity contribution is -0.120. The van der Waals surface area contributed by atoms with E-state index in [4.69, 9.17) is 9.47 Å². The minimum atomic E-state index is -0.920. The molecule has 1 heterocycles. The second-order valence-corrected chi connectivity index (χ2v) is 8.86. The number of rotatable bonds is 3. The van der Waals surface area contributed by atoms with E-state index in [2.05, 4.69) is 10.3 Å². The molecule has 0 spiro atoms. The first-order chi connectivity index (χ1) is 14.6.